The molecule has 0 amide bonds. The number of rotatable bonds is 7. The maximum absolute atomic E-state index is 12.8. The van der Waals surface area contributed by atoms with Gasteiger partial charge in [-0.15, -0.1) is 11.8 Å². The van der Waals surface area contributed by atoms with E-state index in [0.717, 1.165) is 4.90 Å². The van der Waals surface area contributed by atoms with Crippen LogP contribution in [-0.2, 0) is 19.6 Å². The highest BCUT2D eigenvalue weighted by Crippen LogP contribution is 2.26. The van der Waals surface area contributed by atoms with E-state index in [2.05, 4.69) is 15.6 Å². The molecule has 1 saturated heterocycles. The molecule has 1 aromatic carbocycles. The van der Waals surface area contributed by atoms with Crippen LogP contribution < -0.4 is 15.6 Å². The molecule has 2 rings (SSSR count). The highest BCUT2D eigenvalue weighted by molar-refractivity contribution is 7.98. The van der Waals surface area contributed by atoms with E-state index < -0.39 is 27.3 Å². The summed E-state index contributed by atoms with van der Waals surface area (Å²) in [4.78, 5) is 13.2. The second-order valence-corrected chi connectivity index (χ2v) is 8.06. The largest absolute Gasteiger partial charge is 0.466 e. The van der Waals surface area contributed by atoms with Gasteiger partial charge >= 0.3 is 5.97 Å². The molecular weight excluding hydrogens is 350 g/mol. The minimum atomic E-state index is -3.83. The van der Waals surface area contributed by atoms with Crippen molar-refractivity contribution >= 4 is 33.4 Å². The van der Waals surface area contributed by atoms with Gasteiger partial charge in [0.25, 0.3) is 10.0 Å². The van der Waals surface area contributed by atoms with Crippen LogP contribution in [0, 0.1) is 5.92 Å². The number of carbonyl (C=O) groups is 1. The van der Waals surface area contributed by atoms with Crippen molar-refractivity contribution in [1.29, 1.82) is 0 Å². The Morgan fingerprint density at radius 3 is 2.71 bits per heavy atom. The van der Waals surface area contributed by atoms with Crippen LogP contribution in [-0.4, -0.2) is 38.7 Å². The molecule has 1 heterocycles. The molecule has 0 spiro atoms. The lowest BCUT2D eigenvalue weighted by molar-refractivity contribution is -0.148. The van der Waals surface area contributed by atoms with Crippen molar-refractivity contribution in [1.82, 2.24) is 10.9 Å². The van der Waals surface area contributed by atoms with Gasteiger partial charge in [-0.3, -0.25) is 14.9 Å². The molecule has 1 aliphatic rings. The van der Waals surface area contributed by atoms with Crippen LogP contribution in [0.4, 0.5) is 5.69 Å². The number of esters is 1. The minimum Gasteiger partial charge on any atom is -0.466 e. The Balaban J connectivity index is 2.24. The first-order chi connectivity index (χ1) is 11.4. The van der Waals surface area contributed by atoms with Crippen LogP contribution in [0.2, 0.25) is 0 Å². The van der Waals surface area contributed by atoms with Crippen molar-refractivity contribution in [3.8, 4) is 0 Å². The topological polar surface area (TPSA) is 96.5 Å². The van der Waals surface area contributed by atoms with Crippen molar-refractivity contribution in [3.63, 3.8) is 0 Å². The summed E-state index contributed by atoms with van der Waals surface area (Å²) in [5.41, 5.74) is 6.08. The van der Waals surface area contributed by atoms with Crippen LogP contribution in [0.1, 0.15) is 20.3 Å². The summed E-state index contributed by atoms with van der Waals surface area (Å²) in [6.07, 6.45) is 2.52. The standard InChI is InChI=1S/C15H23N3O4S2/c1-4-12-13(15(19)22-5-2)14(17-16-12)24(20,21)18-10-7-6-8-11(9-10)23-3/h6-9,12-14,16-18H,4-5H2,1-3H3. The Bertz CT molecular complexity index is 681. The van der Waals surface area contributed by atoms with Gasteiger partial charge in [0.15, 0.2) is 5.37 Å². The maximum Gasteiger partial charge on any atom is 0.313 e. The molecule has 0 bridgehead atoms. The second kappa shape index (κ2) is 8.19. The summed E-state index contributed by atoms with van der Waals surface area (Å²) in [6.45, 7) is 3.79. The third kappa shape index (κ3) is 4.21. The molecule has 3 N–H and O–H groups in total. The van der Waals surface area contributed by atoms with Gasteiger partial charge in [0, 0.05) is 16.6 Å². The second-order valence-electron chi connectivity index (χ2n) is 5.38. The van der Waals surface area contributed by atoms with E-state index in [1.54, 1.807) is 25.1 Å². The van der Waals surface area contributed by atoms with E-state index in [4.69, 9.17) is 4.74 Å². The lowest BCUT2D eigenvalue weighted by Crippen LogP contribution is -2.44. The predicted octanol–water partition coefficient (Wildman–Crippen LogP) is 1.54. The molecule has 0 aliphatic carbocycles. The van der Waals surface area contributed by atoms with Crippen LogP contribution in [0.15, 0.2) is 29.2 Å². The van der Waals surface area contributed by atoms with E-state index in [-0.39, 0.29) is 12.6 Å². The maximum atomic E-state index is 12.8. The van der Waals surface area contributed by atoms with Gasteiger partial charge in [0.05, 0.1) is 6.61 Å². The van der Waals surface area contributed by atoms with Crippen molar-refractivity contribution in [2.75, 3.05) is 17.6 Å². The van der Waals surface area contributed by atoms with E-state index in [9.17, 15) is 13.2 Å². The van der Waals surface area contributed by atoms with E-state index in [1.165, 1.54) is 11.8 Å². The van der Waals surface area contributed by atoms with Crippen LogP contribution in [0.5, 0.6) is 0 Å². The van der Waals surface area contributed by atoms with E-state index in [1.807, 2.05) is 19.2 Å². The number of thioether (sulfide) groups is 1. The quantitative estimate of drug-likeness (QED) is 0.493. The summed E-state index contributed by atoms with van der Waals surface area (Å²) in [6, 6.07) is 6.80. The highest BCUT2D eigenvalue weighted by Gasteiger charge is 2.48. The first-order valence-electron chi connectivity index (χ1n) is 7.76. The number of hydrazine groups is 1. The molecule has 3 atom stereocenters. The zero-order chi connectivity index (χ0) is 17.7. The number of benzene rings is 1. The van der Waals surface area contributed by atoms with Gasteiger partial charge in [-0.1, -0.05) is 13.0 Å². The van der Waals surface area contributed by atoms with Crippen LogP contribution in [0.3, 0.4) is 0 Å². The van der Waals surface area contributed by atoms with Gasteiger partial charge < -0.3 is 4.74 Å². The Labute approximate surface area is 146 Å². The van der Waals surface area contributed by atoms with Crippen molar-refractivity contribution in [2.45, 2.75) is 36.6 Å². The average Bonchev–Trinajstić information content (AvgIpc) is 3.00. The Morgan fingerprint density at radius 2 is 2.08 bits per heavy atom. The van der Waals surface area contributed by atoms with Crippen molar-refractivity contribution in [2.24, 2.45) is 5.92 Å². The molecule has 24 heavy (non-hydrogen) atoms. The molecule has 0 aromatic heterocycles. The number of nitrogens with one attached hydrogen (secondary N) is 3. The molecule has 9 heteroatoms. The summed E-state index contributed by atoms with van der Waals surface area (Å²) < 4.78 is 33.1. The van der Waals surface area contributed by atoms with Crippen LogP contribution in [0.25, 0.3) is 0 Å². The number of hydrogen-bond donors (Lipinski definition) is 3. The summed E-state index contributed by atoms with van der Waals surface area (Å²) in [5, 5.41) is -1.10. The zero-order valence-corrected chi connectivity index (χ0v) is 15.5. The summed E-state index contributed by atoms with van der Waals surface area (Å²) in [7, 11) is -3.83. The minimum absolute atomic E-state index is 0.210. The van der Waals surface area contributed by atoms with E-state index in [0.29, 0.717) is 12.1 Å². The first kappa shape index (κ1) is 19.0. The molecule has 1 aliphatic heterocycles. The zero-order valence-electron chi connectivity index (χ0n) is 13.9. The highest BCUT2D eigenvalue weighted by atomic mass is 32.2. The fourth-order valence-electron chi connectivity index (χ4n) is 2.65. The van der Waals surface area contributed by atoms with Gasteiger partial charge in [0.2, 0.25) is 0 Å². The van der Waals surface area contributed by atoms with Gasteiger partial charge in [-0.25, -0.2) is 13.8 Å². The van der Waals surface area contributed by atoms with E-state index >= 15 is 0 Å². The summed E-state index contributed by atoms with van der Waals surface area (Å²) in [5.74, 6) is -1.33. The molecular formula is C15H23N3O4S2. The van der Waals surface area contributed by atoms with Crippen molar-refractivity contribution in [3.05, 3.63) is 24.3 Å². The van der Waals surface area contributed by atoms with Gasteiger partial charge in [-0.05, 0) is 37.8 Å². The van der Waals surface area contributed by atoms with Gasteiger partial charge in [-0.2, -0.15) is 0 Å². The van der Waals surface area contributed by atoms with Crippen molar-refractivity contribution < 1.29 is 17.9 Å². The Morgan fingerprint density at radius 1 is 1.33 bits per heavy atom. The predicted molar refractivity (Wildman–Crippen MR) is 95.0 cm³/mol. The van der Waals surface area contributed by atoms with Gasteiger partial charge in [0.1, 0.15) is 5.92 Å². The molecule has 1 aromatic rings. The Hall–Kier alpha value is -1.29. The SMILES string of the molecule is CCOC(=O)C1C(CC)NNC1S(=O)(=O)Nc1cccc(SC)c1. The normalized spacial score (nSPS) is 23.9. The summed E-state index contributed by atoms with van der Waals surface area (Å²) >= 11 is 1.52. The number of carbonyl (C=O) groups excluding carboxylic acids is 1. The molecule has 0 radical (unpaired) electrons. The number of ether oxygens (including phenoxy) is 1. The number of sulfonamides is 1. The Kier molecular flexibility index (Phi) is 6.50. The fraction of sp³-hybridized carbons (Fsp3) is 0.533. The first-order valence-corrected chi connectivity index (χ1v) is 10.5. The third-order valence-corrected chi connectivity index (χ3v) is 6.16. The van der Waals surface area contributed by atoms with Crippen LogP contribution >= 0.6 is 11.8 Å². The third-order valence-electron chi connectivity index (χ3n) is 3.83. The molecule has 7 nitrogen and oxygen atoms in total. The fourth-order valence-corrected chi connectivity index (χ4v) is 4.60. The molecule has 134 valence electrons. The molecule has 0 saturated carbocycles. The molecule has 1 fully saturated rings. The molecule has 3 unspecified atom stereocenters. The smallest absolute Gasteiger partial charge is 0.313 e. The number of anilines is 1. The monoisotopic (exact) mass is 373 g/mol. The lowest BCUT2D eigenvalue weighted by Gasteiger charge is -2.21. The lowest BCUT2D eigenvalue weighted by atomic mass is 10.00. The number of hydrogen-bond acceptors (Lipinski definition) is 7. The average molecular weight is 374 g/mol.